The first-order valence-electron chi connectivity index (χ1n) is 6.27. The lowest BCUT2D eigenvalue weighted by Crippen LogP contribution is -2.30. The summed E-state index contributed by atoms with van der Waals surface area (Å²) >= 11 is 0. The summed E-state index contributed by atoms with van der Waals surface area (Å²) in [6.45, 7) is 3.87. The van der Waals surface area contributed by atoms with Crippen LogP contribution in [-0.2, 0) is 28.4 Å². The molecule has 1 N–H and O–H groups in total. The number of rotatable bonds is 8. The van der Waals surface area contributed by atoms with E-state index in [1.165, 1.54) is 4.31 Å². The van der Waals surface area contributed by atoms with Gasteiger partial charge in [-0.3, -0.25) is 0 Å². The number of nitrogens with one attached hydrogen (secondary N) is 1. The fraction of sp³-hybridized carbons (Fsp3) is 0.667. The molecule has 1 aromatic rings. The first-order valence-corrected chi connectivity index (χ1v) is 7.71. The maximum Gasteiger partial charge on any atom is 0.244 e. The maximum absolute atomic E-state index is 12.3. The zero-order valence-corrected chi connectivity index (χ0v) is 12.8. The quantitative estimate of drug-likeness (QED) is 0.704. The summed E-state index contributed by atoms with van der Waals surface area (Å²) < 4.78 is 33.0. The van der Waals surface area contributed by atoms with E-state index in [0.29, 0.717) is 31.2 Å². The largest absolute Gasteiger partial charge is 0.380 e. The lowest BCUT2D eigenvalue weighted by atomic mass is 10.4. The van der Waals surface area contributed by atoms with Crippen molar-refractivity contribution < 1.29 is 13.2 Å². The second-order valence-electron chi connectivity index (χ2n) is 4.33. The highest BCUT2D eigenvalue weighted by atomic mass is 32.2. The molecule has 0 aromatic carbocycles. The molecule has 1 aromatic heterocycles. The Morgan fingerprint density at radius 3 is 2.74 bits per heavy atom. The molecule has 6 nitrogen and oxygen atoms in total. The molecule has 0 saturated heterocycles. The van der Waals surface area contributed by atoms with Gasteiger partial charge in [0.15, 0.2) is 0 Å². The van der Waals surface area contributed by atoms with Crippen LogP contribution in [0.1, 0.15) is 12.6 Å². The summed E-state index contributed by atoms with van der Waals surface area (Å²) in [5.41, 5.74) is 0.930. The molecular formula is C12H23N3O3S. The number of aryl methyl sites for hydroxylation is 1. The topological polar surface area (TPSA) is 63.6 Å². The van der Waals surface area contributed by atoms with Crippen molar-refractivity contribution in [1.82, 2.24) is 14.2 Å². The first kappa shape index (κ1) is 16.2. The molecule has 0 spiro atoms. The second-order valence-corrected chi connectivity index (χ2v) is 6.38. The van der Waals surface area contributed by atoms with E-state index < -0.39 is 10.0 Å². The van der Waals surface area contributed by atoms with Gasteiger partial charge in [0.1, 0.15) is 4.90 Å². The Bertz CT molecular complexity index is 496. The predicted octanol–water partition coefficient (Wildman–Crippen LogP) is 0.402. The summed E-state index contributed by atoms with van der Waals surface area (Å²) in [5, 5.41) is 3.01. The van der Waals surface area contributed by atoms with Gasteiger partial charge in [0.2, 0.25) is 10.0 Å². The van der Waals surface area contributed by atoms with Gasteiger partial charge in [-0.2, -0.15) is 4.31 Å². The number of ether oxygens (including phenoxy) is 1. The molecule has 0 radical (unpaired) electrons. The van der Waals surface area contributed by atoms with Crippen LogP contribution in [0.4, 0.5) is 0 Å². The van der Waals surface area contributed by atoms with E-state index >= 15 is 0 Å². The Balaban J connectivity index is 2.84. The van der Waals surface area contributed by atoms with Gasteiger partial charge in [-0.15, -0.1) is 0 Å². The number of nitrogens with zero attached hydrogens (tertiary/aromatic N) is 2. The SMILES string of the molecule is CCOCCN(C)S(=O)(=O)c1cc(CNC)n(C)c1. The third-order valence-electron chi connectivity index (χ3n) is 2.90. The van der Waals surface area contributed by atoms with Crippen LogP contribution in [0.3, 0.4) is 0 Å². The van der Waals surface area contributed by atoms with Gasteiger partial charge < -0.3 is 14.6 Å². The van der Waals surface area contributed by atoms with Crippen molar-refractivity contribution in [2.75, 3.05) is 33.9 Å². The zero-order chi connectivity index (χ0) is 14.5. The molecule has 0 atom stereocenters. The van der Waals surface area contributed by atoms with Gasteiger partial charge in [0, 0.05) is 45.7 Å². The smallest absolute Gasteiger partial charge is 0.244 e. The third kappa shape index (κ3) is 4.04. The average molecular weight is 289 g/mol. The Labute approximate surface area is 115 Å². The van der Waals surface area contributed by atoms with Crippen LogP contribution in [0.15, 0.2) is 17.2 Å². The molecule has 0 aliphatic heterocycles. The maximum atomic E-state index is 12.3. The van der Waals surface area contributed by atoms with E-state index in [1.54, 1.807) is 19.3 Å². The number of aromatic nitrogens is 1. The molecule has 110 valence electrons. The van der Waals surface area contributed by atoms with E-state index in [9.17, 15) is 8.42 Å². The fourth-order valence-electron chi connectivity index (χ4n) is 1.71. The van der Waals surface area contributed by atoms with Gasteiger partial charge in [-0.25, -0.2) is 8.42 Å². The summed E-state index contributed by atoms with van der Waals surface area (Å²) in [4.78, 5) is 0.319. The highest BCUT2D eigenvalue weighted by Crippen LogP contribution is 2.17. The van der Waals surface area contributed by atoms with E-state index in [2.05, 4.69) is 5.32 Å². The Kier molecular flexibility index (Phi) is 5.99. The molecule has 7 heteroatoms. The standard InChI is InChI=1S/C12H23N3O3S/c1-5-18-7-6-15(4)19(16,17)12-8-11(9-13-2)14(3)10-12/h8,10,13H,5-7,9H2,1-4H3. The molecule has 1 heterocycles. The molecule has 0 aliphatic carbocycles. The van der Waals surface area contributed by atoms with Gasteiger partial charge in [-0.05, 0) is 20.0 Å². The number of hydrogen-bond acceptors (Lipinski definition) is 4. The van der Waals surface area contributed by atoms with Crippen molar-refractivity contribution >= 4 is 10.0 Å². The van der Waals surface area contributed by atoms with Crippen LogP contribution >= 0.6 is 0 Å². The molecule has 0 bridgehead atoms. The average Bonchev–Trinajstić information content (AvgIpc) is 2.72. The van der Waals surface area contributed by atoms with Crippen molar-refractivity contribution in [2.24, 2.45) is 7.05 Å². The van der Waals surface area contributed by atoms with E-state index in [0.717, 1.165) is 5.69 Å². The summed E-state index contributed by atoms with van der Waals surface area (Å²) in [6, 6.07) is 1.70. The predicted molar refractivity (Wildman–Crippen MR) is 74.5 cm³/mol. The molecule has 19 heavy (non-hydrogen) atoms. The molecule has 1 rings (SSSR count). The number of sulfonamides is 1. The Morgan fingerprint density at radius 1 is 1.47 bits per heavy atom. The number of hydrogen-bond donors (Lipinski definition) is 1. The Hall–Kier alpha value is -0.890. The third-order valence-corrected chi connectivity index (χ3v) is 4.73. The number of likely N-dealkylation sites (N-methyl/N-ethyl adjacent to an activating group) is 1. The van der Waals surface area contributed by atoms with Crippen molar-refractivity contribution in [3.05, 3.63) is 18.0 Å². The van der Waals surface area contributed by atoms with Crippen LogP contribution < -0.4 is 5.32 Å². The highest BCUT2D eigenvalue weighted by Gasteiger charge is 2.22. The fourth-order valence-corrected chi connectivity index (χ4v) is 2.96. The van der Waals surface area contributed by atoms with Gasteiger partial charge >= 0.3 is 0 Å². The van der Waals surface area contributed by atoms with Crippen LogP contribution in [0.25, 0.3) is 0 Å². The minimum absolute atomic E-state index is 0.319. The van der Waals surface area contributed by atoms with E-state index in [4.69, 9.17) is 4.74 Å². The minimum Gasteiger partial charge on any atom is -0.380 e. The van der Waals surface area contributed by atoms with E-state index in [1.807, 2.05) is 25.6 Å². The second kappa shape index (κ2) is 7.04. The highest BCUT2D eigenvalue weighted by molar-refractivity contribution is 7.89. The summed E-state index contributed by atoms with van der Waals surface area (Å²) in [7, 11) is 1.80. The molecular weight excluding hydrogens is 266 g/mol. The van der Waals surface area contributed by atoms with Crippen molar-refractivity contribution in [1.29, 1.82) is 0 Å². The summed E-state index contributed by atoms with van der Waals surface area (Å²) in [5.74, 6) is 0. The summed E-state index contributed by atoms with van der Waals surface area (Å²) in [6.07, 6.45) is 1.64. The van der Waals surface area contributed by atoms with Crippen LogP contribution in [0.2, 0.25) is 0 Å². The van der Waals surface area contributed by atoms with Gasteiger partial charge in [0.05, 0.1) is 6.61 Å². The molecule has 0 aliphatic rings. The van der Waals surface area contributed by atoms with Crippen molar-refractivity contribution in [3.63, 3.8) is 0 Å². The minimum atomic E-state index is -3.43. The van der Waals surface area contributed by atoms with Crippen LogP contribution in [0, 0.1) is 0 Å². The van der Waals surface area contributed by atoms with Gasteiger partial charge in [0.25, 0.3) is 0 Å². The molecule has 0 amide bonds. The zero-order valence-electron chi connectivity index (χ0n) is 12.0. The normalized spacial score (nSPS) is 12.3. The molecule has 0 unspecified atom stereocenters. The monoisotopic (exact) mass is 289 g/mol. The van der Waals surface area contributed by atoms with E-state index in [-0.39, 0.29) is 0 Å². The van der Waals surface area contributed by atoms with Crippen LogP contribution in [0.5, 0.6) is 0 Å². The Morgan fingerprint density at radius 2 is 2.16 bits per heavy atom. The lowest BCUT2D eigenvalue weighted by molar-refractivity contribution is 0.138. The van der Waals surface area contributed by atoms with Crippen molar-refractivity contribution in [2.45, 2.75) is 18.4 Å². The van der Waals surface area contributed by atoms with Crippen molar-refractivity contribution in [3.8, 4) is 0 Å². The molecule has 0 saturated carbocycles. The first-order chi connectivity index (χ1) is 8.93. The van der Waals surface area contributed by atoms with Gasteiger partial charge in [-0.1, -0.05) is 0 Å². The molecule has 0 fully saturated rings. The lowest BCUT2D eigenvalue weighted by Gasteiger charge is -2.15. The van der Waals surface area contributed by atoms with Crippen LogP contribution in [-0.4, -0.2) is 51.1 Å².